The van der Waals surface area contributed by atoms with Crippen molar-refractivity contribution < 1.29 is 14.3 Å². The monoisotopic (exact) mass is 305 g/mol. The van der Waals surface area contributed by atoms with Crippen LogP contribution in [0.1, 0.15) is 39.7 Å². The summed E-state index contributed by atoms with van der Waals surface area (Å²) < 4.78 is 11.4. The topological polar surface area (TPSA) is 38.8 Å². The van der Waals surface area contributed by atoms with Crippen LogP contribution < -0.4 is 0 Å². The van der Waals surface area contributed by atoms with E-state index in [1.54, 1.807) is 4.90 Å². The van der Waals surface area contributed by atoms with E-state index in [1.165, 1.54) is 5.56 Å². The van der Waals surface area contributed by atoms with Gasteiger partial charge in [-0.25, -0.2) is 4.79 Å². The molecular weight excluding hydrogens is 278 g/mol. The van der Waals surface area contributed by atoms with Crippen LogP contribution in [0, 0.1) is 5.92 Å². The molecule has 0 saturated carbocycles. The molecule has 1 aliphatic rings. The number of ether oxygens (including phenoxy) is 2. The number of hydrogen-bond donors (Lipinski definition) is 0. The van der Waals surface area contributed by atoms with Gasteiger partial charge >= 0.3 is 6.09 Å². The van der Waals surface area contributed by atoms with Crippen LogP contribution in [0.3, 0.4) is 0 Å². The molecule has 1 aromatic carbocycles. The molecule has 1 fully saturated rings. The molecule has 0 N–H and O–H groups in total. The van der Waals surface area contributed by atoms with Crippen LogP contribution in [0.25, 0.3) is 0 Å². The Bertz CT molecular complexity index is 481. The summed E-state index contributed by atoms with van der Waals surface area (Å²) in [7, 11) is 0. The summed E-state index contributed by atoms with van der Waals surface area (Å²) in [5.41, 5.74) is 0.773. The number of benzene rings is 1. The fourth-order valence-electron chi connectivity index (χ4n) is 2.73. The summed E-state index contributed by atoms with van der Waals surface area (Å²) in [6.45, 7) is 9.18. The van der Waals surface area contributed by atoms with Crippen molar-refractivity contribution in [1.29, 1.82) is 0 Å². The van der Waals surface area contributed by atoms with Crippen LogP contribution in [0.4, 0.5) is 4.79 Å². The second-order valence-electron chi connectivity index (χ2n) is 6.96. The van der Waals surface area contributed by atoms with Crippen molar-refractivity contribution in [3.8, 4) is 0 Å². The number of amides is 1. The molecule has 1 heterocycles. The summed E-state index contributed by atoms with van der Waals surface area (Å²) >= 11 is 0. The van der Waals surface area contributed by atoms with Gasteiger partial charge in [0, 0.05) is 12.5 Å². The third-order valence-corrected chi connectivity index (χ3v) is 3.65. The van der Waals surface area contributed by atoms with Crippen LogP contribution in [0.15, 0.2) is 30.3 Å². The maximum Gasteiger partial charge on any atom is 0.412 e. The van der Waals surface area contributed by atoms with Crippen LogP contribution in [0.5, 0.6) is 0 Å². The Morgan fingerprint density at radius 3 is 2.68 bits per heavy atom. The van der Waals surface area contributed by atoms with Crippen LogP contribution in [-0.2, 0) is 15.9 Å². The summed E-state index contributed by atoms with van der Waals surface area (Å²) in [4.78, 5) is 14.1. The molecule has 0 aliphatic carbocycles. The van der Waals surface area contributed by atoms with Crippen LogP contribution in [-0.4, -0.2) is 36.0 Å². The van der Waals surface area contributed by atoms with Crippen molar-refractivity contribution in [1.82, 2.24) is 4.90 Å². The Hall–Kier alpha value is -1.55. The Kier molecular flexibility index (Phi) is 5.46. The molecule has 2 atom stereocenters. The lowest BCUT2D eigenvalue weighted by atomic mass is 9.98. The molecule has 122 valence electrons. The van der Waals surface area contributed by atoms with E-state index in [0.29, 0.717) is 13.2 Å². The van der Waals surface area contributed by atoms with Gasteiger partial charge < -0.3 is 9.47 Å². The normalized spacial score (nSPS) is 20.5. The van der Waals surface area contributed by atoms with E-state index in [4.69, 9.17) is 9.47 Å². The van der Waals surface area contributed by atoms with Gasteiger partial charge in [0.05, 0.1) is 6.61 Å². The molecule has 0 radical (unpaired) electrons. The standard InChI is InChI=1S/C18H27NO3/c1-14(13-15-9-6-5-7-10-15)16-19(11-8-12-21-16)17(20)22-18(2,3)4/h5-7,9-10,14,16H,8,11-13H2,1-4H3. The number of rotatable bonds is 3. The second-order valence-corrected chi connectivity index (χ2v) is 6.96. The van der Waals surface area contributed by atoms with Gasteiger partial charge in [0.2, 0.25) is 0 Å². The SMILES string of the molecule is CC(Cc1ccccc1)C1OCCCN1C(=O)OC(C)(C)C. The number of carbonyl (C=O) groups excluding carboxylic acids is 1. The Morgan fingerprint density at radius 1 is 1.36 bits per heavy atom. The highest BCUT2D eigenvalue weighted by Crippen LogP contribution is 2.23. The highest BCUT2D eigenvalue weighted by molar-refractivity contribution is 5.68. The molecule has 1 aromatic rings. The highest BCUT2D eigenvalue weighted by atomic mass is 16.6. The first kappa shape index (κ1) is 16.8. The first-order valence-corrected chi connectivity index (χ1v) is 8.02. The molecular formula is C18H27NO3. The van der Waals surface area contributed by atoms with Gasteiger partial charge in [0.15, 0.2) is 0 Å². The van der Waals surface area contributed by atoms with Crippen molar-refractivity contribution in [3.05, 3.63) is 35.9 Å². The van der Waals surface area contributed by atoms with Gasteiger partial charge in [-0.1, -0.05) is 37.3 Å². The van der Waals surface area contributed by atoms with E-state index in [9.17, 15) is 4.79 Å². The fourth-order valence-corrected chi connectivity index (χ4v) is 2.73. The van der Waals surface area contributed by atoms with Crippen LogP contribution >= 0.6 is 0 Å². The van der Waals surface area contributed by atoms with Crippen molar-refractivity contribution in [3.63, 3.8) is 0 Å². The third kappa shape index (κ3) is 4.73. The molecule has 2 rings (SSSR count). The minimum Gasteiger partial charge on any atom is -0.444 e. The van der Waals surface area contributed by atoms with Crippen molar-refractivity contribution in [2.75, 3.05) is 13.2 Å². The molecule has 0 spiro atoms. The average molecular weight is 305 g/mol. The van der Waals surface area contributed by atoms with E-state index in [1.807, 2.05) is 39.0 Å². The van der Waals surface area contributed by atoms with E-state index in [-0.39, 0.29) is 18.2 Å². The van der Waals surface area contributed by atoms with Gasteiger partial charge in [0.25, 0.3) is 0 Å². The highest BCUT2D eigenvalue weighted by Gasteiger charge is 2.34. The van der Waals surface area contributed by atoms with Gasteiger partial charge in [-0.2, -0.15) is 0 Å². The summed E-state index contributed by atoms with van der Waals surface area (Å²) in [5, 5.41) is 0. The van der Waals surface area contributed by atoms with Gasteiger partial charge in [0.1, 0.15) is 11.8 Å². The van der Waals surface area contributed by atoms with E-state index in [0.717, 1.165) is 12.8 Å². The molecule has 1 aliphatic heterocycles. The maximum absolute atomic E-state index is 12.4. The average Bonchev–Trinajstić information content (AvgIpc) is 2.46. The zero-order chi connectivity index (χ0) is 16.2. The van der Waals surface area contributed by atoms with Gasteiger partial charge in [-0.3, -0.25) is 4.90 Å². The van der Waals surface area contributed by atoms with Crippen molar-refractivity contribution in [2.45, 2.75) is 52.4 Å². The van der Waals surface area contributed by atoms with E-state index < -0.39 is 5.60 Å². The molecule has 0 aromatic heterocycles. The molecule has 1 saturated heterocycles. The second kappa shape index (κ2) is 7.14. The van der Waals surface area contributed by atoms with E-state index in [2.05, 4.69) is 19.1 Å². The molecule has 22 heavy (non-hydrogen) atoms. The molecule has 4 heteroatoms. The van der Waals surface area contributed by atoms with Crippen molar-refractivity contribution in [2.24, 2.45) is 5.92 Å². The minimum absolute atomic E-state index is 0.218. The summed E-state index contributed by atoms with van der Waals surface area (Å²) in [6.07, 6.45) is 1.24. The van der Waals surface area contributed by atoms with E-state index >= 15 is 0 Å². The predicted octanol–water partition coefficient (Wildman–Crippen LogP) is 3.85. The minimum atomic E-state index is -0.484. The number of hydrogen-bond acceptors (Lipinski definition) is 3. The summed E-state index contributed by atoms with van der Waals surface area (Å²) in [5.74, 6) is 0.218. The summed E-state index contributed by atoms with van der Waals surface area (Å²) in [6, 6.07) is 10.3. The first-order chi connectivity index (χ1) is 10.4. The quantitative estimate of drug-likeness (QED) is 0.851. The van der Waals surface area contributed by atoms with Crippen LogP contribution in [0.2, 0.25) is 0 Å². The molecule has 1 amide bonds. The molecule has 4 nitrogen and oxygen atoms in total. The van der Waals surface area contributed by atoms with Gasteiger partial charge in [-0.15, -0.1) is 0 Å². The van der Waals surface area contributed by atoms with Crippen molar-refractivity contribution >= 4 is 6.09 Å². The Labute approximate surface area is 133 Å². The molecule has 2 unspecified atom stereocenters. The third-order valence-electron chi connectivity index (χ3n) is 3.65. The Morgan fingerprint density at radius 2 is 2.05 bits per heavy atom. The maximum atomic E-state index is 12.4. The Balaban J connectivity index is 2.04. The first-order valence-electron chi connectivity index (χ1n) is 8.02. The smallest absolute Gasteiger partial charge is 0.412 e. The molecule has 0 bridgehead atoms. The predicted molar refractivity (Wildman–Crippen MR) is 86.6 cm³/mol. The lowest BCUT2D eigenvalue weighted by Crippen LogP contribution is -2.51. The largest absolute Gasteiger partial charge is 0.444 e. The zero-order valence-electron chi connectivity index (χ0n) is 14.0. The lowest BCUT2D eigenvalue weighted by Gasteiger charge is -2.39. The zero-order valence-corrected chi connectivity index (χ0v) is 14.0. The fraction of sp³-hybridized carbons (Fsp3) is 0.611. The number of nitrogens with zero attached hydrogens (tertiary/aromatic N) is 1. The number of carbonyl (C=O) groups is 1. The lowest BCUT2D eigenvalue weighted by molar-refractivity contribution is -0.118. The van der Waals surface area contributed by atoms with Gasteiger partial charge in [-0.05, 0) is 39.2 Å².